The molecule has 22 heavy (non-hydrogen) atoms. The molecule has 116 valence electrons. The van der Waals surface area contributed by atoms with Crippen LogP contribution in [-0.2, 0) is 18.4 Å². The van der Waals surface area contributed by atoms with E-state index in [2.05, 4.69) is 4.98 Å². The van der Waals surface area contributed by atoms with Gasteiger partial charge in [-0.15, -0.1) is 0 Å². The number of hydrogen-bond acceptors (Lipinski definition) is 4. The van der Waals surface area contributed by atoms with Crippen LogP contribution in [0.4, 0.5) is 5.69 Å². The van der Waals surface area contributed by atoms with E-state index in [9.17, 15) is 9.90 Å². The van der Waals surface area contributed by atoms with E-state index in [0.717, 1.165) is 23.0 Å². The van der Waals surface area contributed by atoms with Gasteiger partial charge in [-0.05, 0) is 30.7 Å². The maximum atomic E-state index is 12.6. The lowest BCUT2D eigenvalue weighted by Gasteiger charge is -2.16. The zero-order chi connectivity index (χ0) is 15.7. The van der Waals surface area contributed by atoms with Crippen LogP contribution in [0.15, 0.2) is 35.6 Å². The summed E-state index contributed by atoms with van der Waals surface area (Å²) in [6.07, 6.45) is 2.41. The quantitative estimate of drug-likeness (QED) is 0.931. The number of benzene rings is 1. The summed E-state index contributed by atoms with van der Waals surface area (Å²) in [5, 5.41) is 10.5. The largest absolute Gasteiger partial charge is 0.390 e. The molecular weight excluding hydrogens is 322 g/mol. The molecule has 5 nitrogen and oxygen atoms in total. The van der Waals surface area contributed by atoms with Crippen LogP contribution in [0.25, 0.3) is 0 Å². The van der Waals surface area contributed by atoms with E-state index < -0.39 is 0 Å². The Morgan fingerprint density at radius 3 is 2.77 bits per heavy atom. The zero-order valence-electron chi connectivity index (χ0n) is 12.1. The normalized spacial score (nSPS) is 18.2. The minimum absolute atomic E-state index is 0.0560. The smallest absolute Gasteiger partial charge is 0.240 e. The molecule has 1 atom stereocenters. The summed E-state index contributed by atoms with van der Waals surface area (Å²) >= 11 is 7.33. The lowest BCUT2D eigenvalue weighted by molar-refractivity contribution is -0.116. The third kappa shape index (κ3) is 2.86. The zero-order valence-corrected chi connectivity index (χ0v) is 13.6. The first-order valence-corrected chi connectivity index (χ1v) is 8.21. The Hall–Kier alpha value is -1.50. The monoisotopic (exact) mass is 337 g/mol. The average Bonchev–Trinajstić information content (AvgIpc) is 3.05. The van der Waals surface area contributed by atoms with Gasteiger partial charge in [0.1, 0.15) is 0 Å². The van der Waals surface area contributed by atoms with Gasteiger partial charge in [-0.1, -0.05) is 23.4 Å². The highest BCUT2D eigenvalue weighted by Crippen LogP contribution is 2.33. The maximum absolute atomic E-state index is 12.6. The van der Waals surface area contributed by atoms with Crippen LogP contribution in [0.5, 0.6) is 0 Å². The fourth-order valence-electron chi connectivity index (χ4n) is 2.45. The third-order valence-electron chi connectivity index (χ3n) is 3.75. The Morgan fingerprint density at radius 2 is 2.14 bits per heavy atom. The van der Waals surface area contributed by atoms with E-state index in [0.29, 0.717) is 11.6 Å². The van der Waals surface area contributed by atoms with Crippen LogP contribution in [0.2, 0.25) is 5.02 Å². The van der Waals surface area contributed by atoms with Crippen molar-refractivity contribution in [3.05, 3.63) is 41.2 Å². The predicted octanol–water partition coefficient (Wildman–Crippen LogP) is 2.46. The molecule has 1 aliphatic heterocycles. The molecule has 0 spiro atoms. The van der Waals surface area contributed by atoms with Gasteiger partial charge < -0.3 is 14.6 Å². The highest BCUT2D eigenvalue weighted by molar-refractivity contribution is 8.00. The number of aliphatic hydroxyl groups is 1. The summed E-state index contributed by atoms with van der Waals surface area (Å²) in [6.45, 7) is 0.634. The number of anilines is 1. The minimum Gasteiger partial charge on any atom is -0.390 e. The molecule has 1 fully saturated rings. The summed E-state index contributed by atoms with van der Waals surface area (Å²) in [7, 11) is 1.84. The highest BCUT2D eigenvalue weighted by atomic mass is 35.5. The number of rotatable bonds is 4. The number of aromatic nitrogens is 2. The van der Waals surface area contributed by atoms with Crippen LogP contribution in [0.3, 0.4) is 0 Å². The molecule has 0 aliphatic carbocycles. The predicted molar refractivity (Wildman–Crippen MR) is 87.2 cm³/mol. The molecule has 0 bridgehead atoms. The van der Waals surface area contributed by atoms with E-state index in [1.165, 1.54) is 11.8 Å². The van der Waals surface area contributed by atoms with Crippen molar-refractivity contribution in [3.63, 3.8) is 0 Å². The molecule has 1 aliphatic rings. The lowest BCUT2D eigenvalue weighted by atomic mass is 10.3. The average molecular weight is 338 g/mol. The first-order chi connectivity index (χ1) is 10.6. The van der Waals surface area contributed by atoms with Gasteiger partial charge in [0, 0.05) is 24.3 Å². The van der Waals surface area contributed by atoms with Crippen LogP contribution in [-0.4, -0.2) is 32.4 Å². The molecule has 0 radical (unpaired) electrons. The second-order valence-corrected chi connectivity index (χ2v) is 6.72. The van der Waals surface area contributed by atoms with Crippen molar-refractivity contribution in [1.82, 2.24) is 9.55 Å². The molecule has 1 saturated heterocycles. The number of amides is 1. The Kier molecular flexibility index (Phi) is 4.42. The molecule has 2 aromatic rings. The van der Waals surface area contributed by atoms with Gasteiger partial charge in [0.05, 0.1) is 23.7 Å². The molecule has 0 saturated carbocycles. The van der Waals surface area contributed by atoms with Crippen LogP contribution < -0.4 is 4.90 Å². The Bertz CT molecular complexity index is 687. The van der Waals surface area contributed by atoms with Crippen molar-refractivity contribution in [2.45, 2.75) is 23.4 Å². The maximum Gasteiger partial charge on any atom is 0.240 e. The fourth-order valence-corrected chi connectivity index (χ4v) is 3.67. The van der Waals surface area contributed by atoms with Crippen molar-refractivity contribution >= 4 is 35.0 Å². The summed E-state index contributed by atoms with van der Waals surface area (Å²) in [5.74, 6) is 0.0841. The molecule has 1 amide bonds. The van der Waals surface area contributed by atoms with Gasteiger partial charge in [-0.2, -0.15) is 0 Å². The molecule has 1 aromatic carbocycles. The van der Waals surface area contributed by atoms with Gasteiger partial charge in [-0.3, -0.25) is 4.79 Å². The van der Waals surface area contributed by atoms with E-state index in [4.69, 9.17) is 11.6 Å². The Morgan fingerprint density at radius 1 is 1.41 bits per heavy atom. The van der Waals surface area contributed by atoms with Crippen molar-refractivity contribution < 1.29 is 9.90 Å². The van der Waals surface area contributed by atoms with Crippen molar-refractivity contribution in [1.29, 1.82) is 0 Å². The second kappa shape index (κ2) is 6.32. The SMILES string of the molecule is Cn1c(CO)cnc1SC1CCN(c2ccc(Cl)cc2)C1=O. The molecule has 3 rings (SSSR count). The summed E-state index contributed by atoms with van der Waals surface area (Å²) < 4.78 is 1.82. The van der Waals surface area contributed by atoms with Gasteiger partial charge in [0.25, 0.3) is 0 Å². The number of nitrogens with zero attached hydrogens (tertiary/aromatic N) is 3. The number of halogens is 1. The molecule has 7 heteroatoms. The Labute approximate surface area is 137 Å². The van der Waals surface area contributed by atoms with E-state index >= 15 is 0 Å². The van der Waals surface area contributed by atoms with Crippen molar-refractivity contribution in [2.24, 2.45) is 7.05 Å². The minimum atomic E-state index is -0.150. The summed E-state index contributed by atoms with van der Waals surface area (Å²) in [6, 6.07) is 7.30. The van der Waals surface area contributed by atoms with Crippen LogP contribution in [0.1, 0.15) is 12.1 Å². The first kappa shape index (κ1) is 15.4. The molecule has 1 N–H and O–H groups in total. The Balaban J connectivity index is 1.73. The second-order valence-electron chi connectivity index (χ2n) is 5.11. The number of carbonyl (C=O) groups is 1. The van der Waals surface area contributed by atoms with Gasteiger partial charge in [0.2, 0.25) is 5.91 Å². The van der Waals surface area contributed by atoms with Gasteiger partial charge >= 0.3 is 0 Å². The van der Waals surface area contributed by atoms with E-state index in [1.807, 2.05) is 23.7 Å². The first-order valence-electron chi connectivity index (χ1n) is 6.95. The number of carbonyl (C=O) groups excluding carboxylic acids is 1. The van der Waals surface area contributed by atoms with Crippen molar-refractivity contribution in [3.8, 4) is 0 Å². The van der Waals surface area contributed by atoms with E-state index in [1.54, 1.807) is 23.2 Å². The lowest BCUT2D eigenvalue weighted by Crippen LogP contribution is -2.28. The summed E-state index contributed by atoms with van der Waals surface area (Å²) in [5.41, 5.74) is 1.61. The van der Waals surface area contributed by atoms with Gasteiger partial charge in [0.15, 0.2) is 5.16 Å². The number of imidazole rings is 1. The van der Waals surface area contributed by atoms with Crippen LogP contribution in [0, 0.1) is 0 Å². The standard InChI is InChI=1S/C15H16ClN3O2S/c1-18-12(9-20)8-17-15(18)22-13-6-7-19(14(13)21)11-4-2-10(16)3-5-11/h2-5,8,13,20H,6-7,9H2,1H3. The summed E-state index contributed by atoms with van der Waals surface area (Å²) in [4.78, 5) is 18.6. The van der Waals surface area contributed by atoms with E-state index in [-0.39, 0.29) is 17.8 Å². The number of hydrogen-bond donors (Lipinski definition) is 1. The fraction of sp³-hybridized carbons (Fsp3) is 0.333. The topological polar surface area (TPSA) is 58.4 Å². The molecule has 2 heterocycles. The number of thioether (sulfide) groups is 1. The van der Waals surface area contributed by atoms with Crippen LogP contribution >= 0.6 is 23.4 Å². The van der Waals surface area contributed by atoms with Gasteiger partial charge in [-0.25, -0.2) is 4.98 Å². The highest BCUT2D eigenvalue weighted by Gasteiger charge is 2.34. The molecule has 1 aromatic heterocycles. The third-order valence-corrected chi connectivity index (χ3v) is 5.31. The molecular formula is C15H16ClN3O2S. The number of aliphatic hydroxyl groups excluding tert-OH is 1. The molecule has 1 unspecified atom stereocenters. The van der Waals surface area contributed by atoms with Crippen molar-refractivity contribution in [2.75, 3.05) is 11.4 Å².